The molecule has 0 aromatic heterocycles. The number of carboxylic acids is 1. The molecule has 102 valence electrons. The van der Waals surface area contributed by atoms with Crippen LogP contribution in [-0.4, -0.2) is 11.1 Å². The zero-order valence-electron chi connectivity index (χ0n) is 12.1. The van der Waals surface area contributed by atoms with Crippen LogP contribution in [0.4, 0.5) is 0 Å². The van der Waals surface area contributed by atoms with Crippen LogP contribution in [0.1, 0.15) is 79.1 Å². The fraction of sp³-hybridized carbons (Fsp3) is 0.933. The van der Waals surface area contributed by atoms with Crippen LogP contribution in [-0.2, 0) is 4.79 Å². The summed E-state index contributed by atoms with van der Waals surface area (Å²) in [6.07, 6.45) is 8.55. The molecule has 1 atom stereocenters. The topological polar surface area (TPSA) is 37.3 Å². The first kappa shape index (κ1) is 16.5. The number of carbonyl (C=O) groups is 1. The highest BCUT2D eigenvalue weighted by Crippen LogP contribution is 2.28. The molecule has 0 aliphatic rings. The van der Waals surface area contributed by atoms with Crippen LogP contribution >= 0.6 is 0 Å². The standard InChI is InChI=1S/C15H30O2/c1-5-8-13(11-12-15(2,3)4)9-6-7-10-14(16)17/h13H,5-12H2,1-4H3,(H,16,17)/t13-/m1/s1. The summed E-state index contributed by atoms with van der Waals surface area (Å²) in [4.78, 5) is 10.4. The molecular formula is C15H30O2. The van der Waals surface area contributed by atoms with Gasteiger partial charge in [-0.15, -0.1) is 0 Å². The summed E-state index contributed by atoms with van der Waals surface area (Å²) >= 11 is 0. The molecule has 0 aliphatic carbocycles. The maximum absolute atomic E-state index is 10.4. The Hall–Kier alpha value is -0.530. The molecule has 1 N–H and O–H groups in total. The summed E-state index contributed by atoms with van der Waals surface area (Å²) in [5.74, 6) is 0.139. The molecule has 0 bridgehead atoms. The molecule has 0 saturated carbocycles. The Morgan fingerprint density at radius 2 is 1.76 bits per heavy atom. The number of carboxylic acid groups (broad SMARTS) is 1. The van der Waals surface area contributed by atoms with E-state index in [1.54, 1.807) is 0 Å². The number of rotatable bonds is 9. The van der Waals surface area contributed by atoms with E-state index in [2.05, 4.69) is 27.7 Å². The van der Waals surface area contributed by atoms with Gasteiger partial charge in [0.2, 0.25) is 0 Å². The van der Waals surface area contributed by atoms with E-state index in [-0.39, 0.29) is 0 Å². The number of unbranched alkanes of at least 4 members (excludes halogenated alkanes) is 1. The molecular weight excluding hydrogens is 212 g/mol. The van der Waals surface area contributed by atoms with Gasteiger partial charge in [-0.1, -0.05) is 53.4 Å². The molecule has 2 heteroatoms. The molecule has 0 saturated heterocycles. The summed E-state index contributed by atoms with van der Waals surface area (Å²) in [6.45, 7) is 9.11. The minimum Gasteiger partial charge on any atom is -0.481 e. The highest BCUT2D eigenvalue weighted by molar-refractivity contribution is 5.66. The highest BCUT2D eigenvalue weighted by Gasteiger charge is 2.14. The van der Waals surface area contributed by atoms with Gasteiger partial charge in [0, 0.05) is 6.42 Å². The van der Waals surface area contributed by atoms with Gasteiger partial charge >= 0.3 is 5.97 Å². The minimum absolute atomic E-state index is 0.331. The lowest BCUT2D eigenvalue weighted by Gasteiger charge is -2.23. The van der Waals surface area contributed by atoms with Crippen molar-refractivity contribution in [1.82, 2.24) is 0 Å². The van der Waals surface area contributed by atoms with Crippen LogP contribution in [0.5, 0.6) is 0 Å². The highest BCUT2D eigenvalue weighted by atomic mass is 16.4. The molecule has 0 unspecified atom stereocenters. The number of aliphatic carboxylic acids is 1. The Labute approximate surface area is 107 Å². The molecule has 0 fully saturated rings. The Morgan fingerprint density at radius 1 is 1.12 bits per heavy atom. The second kappa shape index (κ2) is 8.54. The van der Waals surface area contributed by atoms with Crippen molar-refractivity contribution in [1.29, 1.82) is 0 Å². The van der Waals surface area contributed by atoms with E-state index < -0.39 is 5.97 Å². The second-order valence-corrected chi connectivity index (χ2v) is 6.39. The smallest absolute Gasteiger partial charge is 0.303 e. The van der Waals surface area contributed by atoms with Crippen molar-refractivity contribution in [2.24, 2.45) is 11.3 Å². The summed E-state index contributed by atoms with van der Waals surface area (Å²) in [6, 6.07) is 0. The van der Waals surface area contributed by atoms with E-state index in [0.29, 0.717) is 11.8 Å². The Kier molecular flexibility index (Phi) is 8.28. The van der Waals surface area contributed by atoms with Gasteiger partial charge in [-0.3, -0.25) is 4.79 Å². The van der Waals surface area contributed by atoms with Crippen molar-refractivity contribution < 1.29 is 9.90 Å². The second-order valence-electron chi connectivity index (χ2n) is 6.39. The SMILES string of the molecule is CCC[C@H](CCCCC(=O)O)CCC(C)(C)C. The minimum atomic E-state index is -0.660. The zero-order chi connectivity index (χ0) is 13.3. The van der Waals surface area contributed by atoms with E-state index in [9.17, 15) is 4.79 Å². The predicted octanol–water partition coefficient (Wildman–Crippen LogP) is 4.87. The quantitative estimate of drug-likeness (QED) is 0.585. The molecule has 0 spiro atoms. The molecule has 0 heterocycles. The van der Waals surface area contributed by atoms with Crippen molar-refractivity contribution in [2.75, 3.05) is 0 Å². The Bertz CT molecular complexity index is 203. The van der Waals surface area contributed by atoms with Gasteiger partial charge in [-0.2, -0.15) is 0 Å². The van der Waals surface area contributed by atoms with Gasteiger partial charge in [0.25, 0.3) is 0 Å². The maximum Gasteiger partial charge on any atom is 0.303 e. The van der Waals surface area contributed by atoms with Crippen molar-refractivity contribution in [3.05, 3.63) is 0 Å². The van der Waals surface area contributed by atoms with Crippen LogP contribution in [0.25, 0.3) is 0 Å². The average molecular weight is 242 g/mol. The van der Waals surface area contributed by atoms with Crippen LogP contribution in [0.3, 0.4) is 0 Å². The molecule has 0 aliphatic heterocycles. The largest absolute Gasteiger partial charge is 0.481 e. The van der Waals surface area contributed by atoms with Crippen LogP contribution in [0, 0.1) is 11.3 Å². The Balaban J connectivity index is 3.78. The monoisotopic (exact) mass is 242 g/mol. The third kappa shape index (κ3) is 11.7. The van der Waals surface area contributed by atoms with Crippen LogP contribution < -0.4 is 0 Å². The van der Waals surface area contributed by atoms with Gasteiger partial charge in [0.05, 0.1) is 0 Å². The molecule has 0 rings (SSSR count). The third-order valence-corrected chi connectivity index (χ3v) is 3.25. The first-order valence-electron chi connectivity index (χ1n) is 7.07. The normalized spacial score (nSPS) is 13.6. The molecule has 2 nitrogen and oxygen atoms in total. The molecule has 0 radical (unpaired) electrons. The number of hydrogen-bond donors (Lipinski definition) is 1. The summed E-state index contributed by atoms with van der Waals surface area (Å²) in [5.41, 5.74) is 0.424. The summed E-state index contributed by atoms with van der Waals surface area (Å²) < 4.78 is 0. The Morgan fingerprint density at radius 3 is 2.24 bits per heavy atom. The van der Waals surface area contributed by atoms with Crippen molar-refractivity contribution in [2.45, 2.75) is 79.1 Å². The van der Waals surface area contributed by atoms with E-state index in [4.69, 9.17) is 5.11 Å². The van der Waals surface area contributed by atoms with Crippen molar-refractivity contribution in [3.8, 4) is 0 Å². The van der Waals surface area contributed by atoms with Gasteiger partial charge in [-0.05, 0) is 30.6 Å². The molecule has 0 aromatic rings. The van der Waals surface area contributed by atoms with E-state index in [1.165, 1.54) is 32.1 Å². The first-order valence-corrected chi connectivity index (χ1v) is 7.07. The molecule has 0 aromatic carbocycles. The predicted molar refractivity (Wildman–Crippen MR) is 73.2 cm³/mol. The van der Waals surface area contributed by atoms with Gasteiger partial charge < -0.3 is 5.11 Å². The van der Waals surface area contributed by atoms with E-state index in [1.807, 2.05) is 0 Å². The zero-order valence-corrected chi connectivity index (χ0v) is 12.1. The fourth-order valence-corrected chi connectivity index (χ4v) is 2.19. The molecule has 0 amide bonds. The summed E-state index contributed by atoms with van der Waals surface area (Å²) in [7, 11) is 0. The number of hydrogen-bond acceptors (Lipinski definition) is 1. The van der Waals surface area contributed by atoms with E-state index in [0.717, 1.165) is 18.8 Å². The average Bonchev–Trinajstić information content (AvgIpc) is 2.19. The van der Waals surface area contributed by atoms with Crippen molar-refractivity contribution >= 4 is 5.97 Å². The lowest BCUT2D eigenvalue weighted by Crippen LogP contribution is -2.09. The van der Waals surface area contributed by atoms with Crippen molar-refractivity contribution in [3.63, 3.8) is 0 Å². The van der Waals surface area contributed by atoms with Crippen LogP contribution in [0.2, 0.25) is 0 Å². The lowest BCUT2D eigenvalue weighted by atomic mass is 9.83. The van der Waals surface area contributed by atoms with Crippen LogP contribution in [0.15, 0.2) is 0 Å². The maximum atomic E-state index is 10.4. The fourth-order valence-electron chi connectivity index (χ4n) is 2.19. The van der Waals surface area contributed by atoms with Gasteiger partial charge in [-0.25, -0.2) is 0 Å². The third-order valence-electron chi connectivity index (χ3n) is 3.25. The summed E-state index contributed by atoms with van der Waals surface area (Å²) in [5, 5.41) is 8.59. The van der Waals surface area contributed by atoms with E-state index >= 15 is 0 Å². The lowest BCUT2D eigenvalue weighted by molar-refractivity contribution is -0.137. The van der Waals surface area contributed by atoms with Gasteiger partial charge in [0.1, 0.15) is 0 Å². The first-order chi connectivity index (χ1) is 7.85. The van der Waals surface area contributed by atoms with Gasteiger partial charge in [0.15, 0.2) is 0 Å². The molecule has 17 heavy (non-hydrogen) atoms.